The van der Waals surface area contributed by atoms with Gasteiger partial charge in [-0.05, 0) is 93.0 Å². The summed E-state index contributed by atoms with van der Waals surface area (Å²) in [5.74, 6) is -0.910. The highest BCUT2D eigenvalue weighted by Gasteiger charge is 2.25. The van der Waals surface area contributed by atoms with Gasteiger partial charge in [0.1, 0.15) is 11.6 Å². The van der Waals surface area contributed by atoms with E-state index >= 15 is 0 Å². The van der Waals surface area contributed by atoms with Gasteiger partial charge in [-0.2, -0.15) is 10.2 Å². The van der Waals surface area contributed by atoms with E-state index in [4.69, 9.17) is 4.74 Å². The number of halogens is 2. The van der Waals surface area contributed by atoms with Crippen LogP contribution in [0.5, 0.6) is 0 Å². The van der Waals surface area contributed by atoms with Crippen molar-refractivity contribution in [3.8, 4) is 0 Å². The van der Waals surface area contributed by atoms with Crippen LogP contribution in [0, 0.1) is 23.5 Å². The molecule has 0 aromatic heterocycles. The minimum Gasteiger partial charge on any atom is -0.378 e. The van der Waals surface area contributed by atoms with Gasteiger partial charge in [0.05, 0.1) is 30.5 Å². The molecular weight excluding hydrogens is 522 g/mol. The average molecular weight is 565 g/mol. The second-order valence-corrected chi connectivity index (χ2v) is 11.1. The molecule has 2 aliphatic heterocycles. The quantitative estimate of drug-likeness (QED) is 0.296. The number of nitrogens with zero attached hydrogens (tertiary/aromatic N) is 4. The summed E-state index contributed by atoms with van der Waals surface area (Å²) in [4.78, 5) is 17.4. The van der Waals surface area contributed by atoms with E-state index in [2.05, 4.69) is 28.6 Å². The Hall–Kier alpha value is -3.39. The van der Waals surface area contributed by atoms with Gasteiger partial charge in [-0.25, -0.2) is 8.78 Å². The fourth-order valence-corrected chi connectivity index (χ4v) is 5.81. The summed E-state index contributed by atoms with van der Waals surface area (Å²) in [6.45, 7) is 14.9. The van der Waals surface area contributed by atoms with Gasteiger partial charge in [0, 0.05) is 37.4 Å². The molecule has 0 radical (unpaired) electrons. The van der Waals surface area contributed by atoms with Gasteiger partial charge in [-0.15, -0.1) is 0 Å². The number of rotatable bonds is 9. The summed E-state index contributed by atoms with van der Waals surface area (Å²) in [6, 6.07) is 11.6. The molecule has 6 nitrogen and oxygen atoms in total. The van der Waals surface area contributed by atoms with E-state index in [0.29, 0.717) is 18.7 Å². The first kappa shape index (κ1) is 30.6. The topological polar surface area (TPSA) is 57.5 Å². The molecule has 3 atom stereocenters. The minimum atomic E-state index is -0.667. The molecule has 1 amide bonds. The Bertz CT molecular complexity index is 1230. The maximum absolute atomic E-state index is 14.6. The van der Waals surface area contributed by atoms with Crippen LogP contribution in [0.25, 0.3) is 5.70 Å². The number of hydrogen-bond acceptors (Lipinski definition) is 5. The first-order chi connectivity index (χ1) is 19.8. The molecule has 0 saturated carbocycles. The van der Waals surface area contributed by atoms with E-state index < -0.39 is 11.6 Å². The highest BCUT2D eigenvalue weighted by Crippen LogP contribution is 2.35. The number of hydrogen-bond donors (Lipinski definition) is 0. The molecule has 2 aliphatic rings. The molecule has 1 saturated heterocycles. The number of benzene rings is 2. The van der Waals surface area contributed by atoms with Crippen LogP contribution in [0.2, 0.25) is 0 Å². The summed E-state index contributed by atoms with van der Waals surface area (Å²) in [5, 5.41) is 8.58. The SMILES string of the molecule is C=C1/C=C(/c2c(F)cccc2F)N=N[C@H](C)C[C@@H](C)C1CCCCN(CC)C(=O)c1ccc(N2CCOCC2)cc1. The summed E-state index contributed by atoms with van der Waals surface area (Å²) in [7, 11) is 0. The van der Waals surface area contributed by atoms with E-state index in [1.165, 1.54) is 18.2 Å². The fraction of sp³-hybridized carbons (Fsp3) is 0.485. The van der Waals surface area contributed by atoms with Gasteiger partial charge in [0.25, 0.3) is 5.91 Å². The van der Waals surface area contributed by atoms with Crippen molar-refractivity contribution in [2.45, 2.75) is 52.5 Å². The number of unbranched alkanes of at least 4 members (excludes halogenated alkanes) is 1. The monoisotopic (exact) mass is 564 g/mol. The molecule has 0 aliphatic carbocycles. The normalized spacial score (nSPS) is 22.9. The van der Waals surface area contributed by atoms with E-state index in [1.807, 2.05) is 43.0 Å². The predicted molar refractivity (Wildman–Crippen MR) is 160 cm³/mol. The molecule has 4 rings (SSSR count). The number of amides is 1. The predicted octanol–water partition coefficient (Wildman–Crippen LogP) is 7.53. The van der Waals surface area contributed by atoms with Gasteiger partial charge in [0.2, 0.25) is 0 Å². The molecule has 220 valence electrons. The summed E-state index contributed by atoms with van der Waals surface area (Å²) in [5.41, 5.74) is 2.60. The number of anilines is 1. The summed E-state index contributed by atoms with van der Waals surface area (Å²) < 4.78 is 34.6. The van der Waals surface area contributed by atoms with Crippen LogP contribution >= 0.6 is 0 Å². The Kier molecular flexibility index (Phi) is 10.8. The molecule has 8 heteroatoms. The van der Waals surface area contributed by atoms with Gasteiger partial charge in [0.15, 0.2) is 0 Å². The van der Waals surface area contributed by atoms with Crippen LogP contribution in [-0.2, 0) is 4.74 Å². The molecule has 0 bridgehead atoms. The van der Waals surface area contributed by atoms with Gasteiger partial charge in [-0.3, -0.25) is 4.79 Å². The van der Waals surface area contributed by atoms with Crippen LogP contribution < -0.4 is 4.90 Å². The van der Waals surface area contributed by atoms with Crippen LogP contribution in [0.3, 0.4) is 0 Å². The molecular formula is C33H42F2N4O2. The van der Waals surface area contributed by atoms with Crippen LogP contribution in [0.15, 0.2) is 70.9 Å². The average Bonchev–Trinajstić information content (AvgIpc) is 3.02. The molecule has 0 N–H and O–H groups in total. The lowest BCUT2D eigenvalue weighted by Gasteiger charge is -2.29. The maximum Gasteiger partial charge on any atom is 0.253 e. The number of carbonyl (C=O) groups excluding carboxylic acids is 1. The second kappa shape index (κ2) is 14.5. The maximum atomic E-state index is 14.6. The number of carbonyl (C=O) groups is 1. The third kappa shape index (κ3) is 7.88. The number of azo groups is 1. The Morgan fingerprint density at radius 1 is 1.07 bits per heavy atom. The van der Waals surface area contributed by atoms with Crippen molar-refractivity contribution in [3.63, 3.8) is 0 Å². The molecule has 0 spiro atoms. The Balaban J connectivity index is 1.37. The molecule has 1 fully saturated rings. The van der Waals surface area contributed by atoms with Gasteiger partial charge in [-0.1, -0.05) is 26.0 Å². The second-order valence-electron chi connectivity index (χ2n) is 11.1. The zero-order chi connectivity index (χ0) is 29.4. The first-order valence-corrected chi connectivity index (χ1v) is 14.8. The molecule has 2 aromatic carbocycles. The van der Waals surface area contributed by atoms with Crippen LogP contribution in [0.4, 0.5) is 14.5 Å². The number of ether oxygens (including phenoxy) is 1. The molecule has 1 unspecified atom stereocenters. The summed E-state index contributed by atoms with van der Waals surface area (Å²) >= 11 is 0. The number of morpholine rings is 1. The standard InChI is InChI=1S/C33H42F2N4O2/c1-5-38(33(40)26-12-14-27(15-13-26)39-17-19-41-20-18-39)16-7-6-9-28-23(2)21-25(4)36-37-31(22-24(28)3)32-29(34)10-8-11-30(32)35/h8,10-15,22-23,25,28H,3,5-7,9,16-21H2,1-2,4H3/b31-22-,37-36?/t23-,25-,28?/m1/s1. The lowest BCUT2D eigenvalue weighted by molar-refractivity contribution is 0.0760. The van der Waals surface area contributed by atoms with E-state index in [-0.39, 0.29) is 35.0 Å². The van der Waals surface area contributed by atoms with E-state index in [0.717, 1.165) is 63.2 Å². The smallest absolute Gasteiger partial charge is 0.253 e. The van der Waals surface area contributed by atoms with Gasteiger partial charge < -0.3 is 14.5 Å². The van der Waals surface area contributed by atoms with Crippen molar-refractivity contribution in [1.82, 2.24) is 4.90 Å². The highest BCUT2D eigenvalue weighted by molar-refractivity contribution is 5.94. The fourth-order valence-electron chi connectivity index (χ4n) is 5.81. The first-order valence-electron chi connectivity index (χ1n) is 14.8. The molecule has 2 heterocycles. The third-order valence-corrected chi connectivity index (χ3v) is 8.13. The van der Waals surface area contributed by atoms with Crippen molar-refractivity contribution >= 4 is 17.3 Å². The largest absolute Gasteiger partial charge is 0.378 e. The minimum absolute atomic E-state index is 0.0396. The van der Waals surface area contributed by atoms with Crippen molar-refractivity contribution in [3.05, 3.63) is 83.5 Å². The Morgan fingerprint density at radius 3 is 2.41 bits per heavy atom. The number of allylic oxidation sites excluding steroid dienone is 2. The van der Waals surface area contributed by atoms with Crippen LogP contribution in [0.1, 0.15) is 62.4 Å². The lowest BCUT2D eigenvalue weighted by Crippen LogP contribution is -2.36. The zero-order valence-electron chi connectivity index (χ0n) is 24.5. The third-order valence-electron chi connectivity index (χ3n) is 8.13. The highest BCUT2D eigenvalue weighted by atomic mass is 19.1. The van der Waals surface area contributed by atoms with Crippen molar-refractivity contribution < 1.29 is 18.3 Å². The summed E-state index contributed by atoms with van der Waals surface area (Å²) in [6.07, 6.45) is 5.09. The van der Waals surface area contributed by atoms with E-state index in [9.17, 15) is 13.6 Å². The van der Waals surface area contributed by atoms with Gasteiger partial charge >= 0.3 is 0 Å². The van der Waals surface area contributed by atoms with E-state index in [1.54, 1.807) is 6.08 Å². The van der Waals surface area contributed by atoms with Crippen molar-refractivity contribution in [2.75, 3.05) is 44.3 Å². The Labute approximate surface area is 242 Å². The molecule has 41 heavy (non-hydrogen) atoms. The van der Waals surface area contributed by atoms with Crippen LogP contribution in [-0.4, -0.2) is 56.2 Å². The van der Waals surface area contributed by atoms with Crippen molar-refractivity contribution in [2.24, 2.45) is 22.1 Å². The zero-order valence-corrected chi connectivity index (χ0v) is 24.5. The lowest BCUT2D eigenvalue weighted by atomic mass is 9.80. The Morgan fingerprint density at radius 2 is 1.76 bits per heavy atom. The molecule has 2 aromatic rings. The van der Waals surface area contributed by atoms with Crippen molar-refractivity contribution in [1.29, 1.82) is 0 Å².